The number of carboxylic acids is 1. The monoisotopic (exact) mass is 343 g/mol. The van der Waals surface area contributed by atoms with E-state index < -0.39 is 18.4 Å². The van der Waals surface area contributed by atoms with Crippen molar-refractivity contribution in [3.8, 4) is 0 Å². The van der Waals surface area contributed by atoms with Gasteiger partial charge in [0.2, 0.25) is 0 Å². The summed E-state index contributed by atoms with van der Waals surface area (Å²) in [5.41, 5.74) is 0. The Morgan fingerprint density at radius 1 is 1.38 bits per heavy atom. The molecular formula is C14H11Cl2NO3S. The van der Waals surface area contributed by atoms with Gasteiger partial charge in [0.25, 0.3) is 5.91 Å². The van der Waals surface area contributed by atoms with Crippen LogP contribution in [0.2, 0.25) is 10.0 Å². The highest BCUT2D eigenvalue weighted by atomic mass is 35.5. The van der Waals surface area contributed by atoms with Crippen molar-refractivity contribution in [2.45, 2.75) is 0 Å². The molecule has 2 aromatic rings. The van der Waals surface area contributed by atoms with Gasteiger partial charge in [-0.05, 0) is 12.1 Å². The lowest BCUT2D eigenvalue weighted by Crippen LogP contribution is -2.35. The van der Waals surface area contributed by atoms with Crippen LogP contribution in [0, 0.1) is 0 Å². The molecule has 1 N–H and O–H groups in total. The molecule has 0 saturated heterocycles. The van der Waals surface area contributed by atoms with E-state index in [4.69, 9.17) is 28.3 Å². The van der Waals surface area contributed by atoms with Crippen molar-refractivity contribution in [2.75, 3.05) is 13.1 Å². The highest BCUT2D eigenvalue weighted by Crippen LogP contribution is 2.37. The van der Waals surface area contributed by atoms with Gasteiger partial charge >= 0.3 is 5.97 Å². The number of carboxylic acid groups (broad SMARTS) is 1. The van der Waals surface area contributed by atoms with E-state index in [0.717, 1.165) is 10.1 Å². The molecule has 1 aromatic carbocycles. The lowest BCUT2D eigenvalue weighted by atomic mass is 10.2. The average Bonchev–Trinajstić information content (AvgIpc) is 2.73. The number of benzene rings is 1. The van der Waals surface area contributed by atoms with Crippen LogP contribution in [-0.4, -0.2) is 35.0 Å². The summed E-state index contributed by atoms with van der Waals surface area (Å²) in [6, 6.07) is 5.15. The SMILES string of the molecule is C=CCN(CC(=O)O)C(=O)c1sc2cc(Cl)ccc2c1Cl. The largest absolute Gasteiger partial charge is 0.480 e. The van der Waals surface area contributed by atoms with E-state index in [1.807, 2.05) is 0 Å². The predicted octanol–water partition coefficient (Wildman–Crippen LogP) is 3.92. The third-order valence-corrected chi connectivity index (χ3v) is 4.63. The average molecular weight is 344 g/mol. The topological polar surface area (TPSA) is 57.6 Å². The van der Waals surface area contributed by atoms with Crippen LogP contribution in [0.5, 0.6) is 0 Å². The molecule has 0 aliphatic carbocycles. The number of amides is 1. The number of thiophene rings is 1. The molecule has 0 unspecified atom stereocenters. The first-order valence-electron chi connectivity index (χ1n) is 5.93. The predicted molar refractivity (Wildman–Crippen MR) is 85.6 cm³/mol. The number of rotatable bonds is 5. The maximum absolute atomic E-state index is 12.5. The zero-order chi connectivity index (χ0) is 15.6. The summed E-state index contributed by atoms with van der Waals surface area (Å²) in [5.74, 6) is -1.52. The molecule has 21 heavy (non-hydrogen) atoms. The van der Waals surface area contributed by atoms with E-state index in [1.54, 1.807) is 18.2 Å². The highest BCUT2D eigenvalue weighted by Gasteiger charge is 2.23. The normalized spacial score (nSPS) is 10.6. The molecule has 0 spiro atoms. The summed E-state index contributed by atoms with van der Waals surface area (Å²) in [5, 5.41) is 10.5. The summed E-state index contributed by atoms with van der Waals surface area (Å²) in [4.78, 5) is 24.8. The van der Waals surface area contributed by atoms with Crippen LogP contribution in [0.3, 0.4) is 0 Å². The molecule has 0 saturated carbocycles. The fourth-order valence-corrected chi connectivity index (χ4v) is 3.61. The second-order valence-electron chi connectivity index (χ2n) is 4.25. The molecule has 0 bridgehead atoms. The molecule has 0 atom stereocenters. The van der Waals surface area contributed by atoms with Gasteiger partial charge in [0, 0.05) is 21.7 Å². The lowest BCUT2D eigenvalue weighted by molar-refractivity contribution is -0.137. The first-order valence-corrected chi connectivity index (χ1v) is 7.50. The smallest absolute Gasteiger partial charge is 0.323 e. The van der Waals surface area contributed by atoms with E-state index >= 15 is 0 Å². The van der Waals surface area contributed by atoms with E-state index in [-0.39, 0.29) is 6.54 Å². The van der Waals surface area contributed by atoms with Crippen LogP contribution in [0.15, 0.2) is 30.9 Å². The van der Waals surface area contributed by atoms with Crippen LogP contribution in [0.1, 0.15) is 9.67 Å². The van der Waals surface area contributed by atoms with Gasteiger partial charge in [-0.25, -0.2) is 0 Å². The van der Waals surface area contributed by atoms with Gasteiger partial charge in [0.1, 0.15) is 11.4 Å². The Labute approximate surface area is 135 Å². The third-order valence-electron chi connectivity index (χ3n) is 2.75. The standard InChI is InChI=1S/C14H11Cl2NO3S/c1-2-5-17(7-11(18)19)14(20)13-12(16)9-4-3-8(15)6-10(9)21-13/h2-4,6H,1,5,7H2,(H,18,19). The van der Waals surface area contributed by atoms with Crippen molar-refractivity contribution in [1.82, 2.24) is 4.90 Å². The number of hydrogen-bond donors (Lipinski definition) is 1. The summed E-state index contributed by atoms with van der Waals surface area (Å²) < 4.78 is 0.782. The zero-order valence-electron chi connectivity index (χ0n) is 10.8. The zero-order valence-corrected chi connectivity index (χ0v) is 13.1. The Balaban J connectivity index is 2.43. The number of fused-ring (bicyclic) bond motifs is 1. The van der Waals surface area contributed by atoms with Crippen LogP contribution >= 0.6 is 34.5 Å². The van der Waals surface area contributed by atoms with Gasteiger partial charge in [-0.15, -0.1) is 17.9 Å². The van der Waals surface area contributed by atoms with Crippen LogP contribution < -0.4 is 0 Å². The maximum Gasteiger partial charge on any atom is 0.323 e. The highest BCUT2D eigenvalue weighted by molar-refractivity contribution is 7.21. The Bertz CT molecular complexity index is 726. The van der Waals surface area contributed by atoms with Crippen molar-refractivity contribution in [3.05, 3.63) is 45.8 Å². The summed E-state index contributed by atoms with van der Waals surface area (Å²) in [6.45, 7) is 3.26. The lowest BCUT2D eigenvalue weighted by Gasteiger charge is -2.18. The molecule has 0 fully saturated rings. The van der Waals surface area contributed by atoms with Gasteiger partial charge < -0.3 is 10.0 Å². The van der Waals surface area contributed by atoms with Gasteiger partial charge in [-0.1, -0.05) is 35.3 Å². The molecule has 0 aliphatic rings. The van der Waals surface area contributed by atoms with Crippen LogP contribution in [-0.2, 0) is 4.79 Å². The number of nitrogens with zero attached hydrogens (tertiary/aromatic N) is 1. The first-order chi connectivity index (χ1) is 9.93. The summed E-state index contributed by atoms with van der Waals surface area (Å²) in [6.07, 6.45) is 1.47. The Morgan fingerprint density at radius 2 is 2.10 bits per heavy atom. The second-order valence-corrected chi connectivity index (χ2v) is 6.12. The van der Waals surface area contributed by atoms with Gasteiger partial charge in [0.05, 0.1) is 5.02 Å². The van der Waals surface area contributed by atoms with Crippen LogP contribution in [0.4, 0.5) is 0 Å². The van der Waals surface area contributed by atoms with Crippen LogP contribution in [0.25, 0.3) is 10.1 Å². The Kier molecular flexibility index (Phi) is 4.88. The number of carbonyl (C=O) groups is 2. The minimum atomic E-state index is -1.09. The van der Waals surface area contributed by atoms with Gasteiger partial charge in [-0.3, -0.25) is 9.59 Å². The molecule has 0 radical (unpaired) electrons. The Hall–Kier alpha value is -1.56. The third kappa shape index (κ3) is 3.37. The molecular weight excluding hydrogens is 333 g/mol. The molecule has 7 heteroatoms. The number of halogens is 2. The molecule has 1 heterocycles. The quantitative estimate of drug-likeness (QED) is 0.837. The fraction of sp³-hybridized carbons (Fsp3) is 0.143. The molecule has 110 valence electrons. The molecule has 1 aromatic heterocycles. The van der Waals surface area contributed by atoms with E-state index in [0.29, 0.717) is 14.9 Å². The molecule has 1 amide bonds. The fourth-order valence-electron chi connectivity index (χ4n) is 1.86. The first kappa shape index (κ1) is 15.8. The molecule has 2 rings (SSSR count). The van der Waals surface area contributed by atoms with Crippen molar-refractivity contribution in [2.24, 2.45) is 0 Å². The Morgan fingerprint density at radius 3 is 2.71 bits per heavy atom. The minimum absolute atomic E-state index is 0.135. The van der Waals surface area contributed by atoms with E-state index in [9.17, 15) is 9.59 Å². The van der Waals surface area contributed by atoms with Crippen molar-refractivity contribution >= 4 is 56.5 Å². The summed E-state index contributed by atoms with van der Waals surface area (Å²) in [7, 11) is 0. The van der Waals surface area contributed by atoms with Crippen molar-refractivity contribution in [3.63, 3.8) is 0 Å². The molecule has 0 aliphatic heterocycles. The van der Waals surface area contributed by atoms with Crippen molar-refractivity contribution < 1.29 is 14.7 Å². The number of carbonyl (C=O) groups excluding carboxylic acids is 1. The van der Waals surface area contributed by atoms with Crippen molar-refractivity contribution in [1.29, 1.82) is 0 Å². The van der Waals surface area contributed by atoms with Gasteiger partial charge in [-0.2, -0.15) is 0 Å². The number of aliphatic carboxylic acids is 1. The van der Waals surface area contributed by atoms with Gasteiger partial charge in [0.15, 0.2) is 0 Å². The summed E-state index contributed by atoms with van der Waals surface area (Å²) >= 11 is 13.3. The molecule has 4 nitrogen and oxygen atoms in total. The second kappa shape index (κ2) is 6.47. The van der Waals surface area contributed by atoms with E-state index in [1.165, 1.54) is 22.3 Å². The minimum Gasteiger partial charge on any atom is -0.480 e. The van der Waals surface area contributed by atoms with E-state index in [2.05, 4.69) is 6.58 Å². The number of hydrogen-bond acceptors (Lipinski definition) is 3. The maximum atomic E-state index is 12.5.